The maximum absolute atomic E-state index is 12.4. The van der Waals surface area contributed by atoms with E-state index in [0.29, 0.717) is 22.6 Å². The molecule has 1 saturated carbocycles. The highest BCUT2D eigenvalue weighted by Gasteiger charge is 2.30. The lowest BCUT2D eigenvalue weighted by Crippen LogP contribution is -2.28. The zero-order valence-corrected chi connectivity index (χ0v) is 16.7. The molecule has 1 aliphatic carbocycles. The number of hydrogen-bond acceptors (Lipinski definition) is 6. The molecular formula is C20H21F3N4O2S. The molecule has 1 aromatic heterocycles. The molecule has 0 unspecified atom stereocenters. The Bertz CT molecular complexity index is 994. The summed E-state index contributed by atoms with van der Waals surface area (Å²) >= 11 is 1.54. The molecular weight excluding hydrogens is 417 g/mol. The average molecular weight is 438 g/mol. The zero-order valence-electron chi connectivity index (χ0n) is 15.9. The first-order chi connectivity index (χ1) is 14.1. The van der Waals surface area contributed by atoms with E-state index in [4.69, 9.17) is 11.5 Å². The third-order valence-electron chi connectivity index (χ3n) is 4.72. The summed E-state index contributed by atoms with van der Waals surface area (Å²) < 4.78 is 37.1. The summed E-state index contributed by atoms with van der Waals surface area (Å²) in [6.45, 7) is -0.186. The number of carbonyl (C=O) groups is 1. The van der Waals surface area contributed by atoms with E-state index >= 15 is 0 Å². The van der Waals surface area contributed by atoms with Gasteiger partial charge in [-0.2, -0.15) is 13.2 Å². The summed E-state index contributed by atoms with van der Waals surface area (Å²) in [4.78, 5) is 18.0. The second-order valence-electron chi connectivity index (χ2n) is 7.01. The number of aromatic hydroxyl groups is 1. The molecule has 1 fully saturated rings. The van der Waals surface area contributed by atoms with Crippen molar-refractivity contribution in [3.63, 3.8) is 0 Å². The minimum atomic E-state index is -4.65. The Hall–Kier alpha value is -3.01. The first kappa shape index (κ1) is 21.7. The number of halogens is 3. The summed E-state index contributed by atoms with van der Waals surface area (Å²) in [6.07, 6.45) is 2.31. The van der Waals surface area contributed by atoms with Crippen molar-refractivity contribution in [3.8, 4) is 16.3 Å². The van der Waals surface area contributed by atoms with Gasteiger partial charge in [-0.15, -0.1) is 11.3 Å². The van der Waals surface area contributed by atoms with Crippen molar-refractivity contribution in [1.82, 2.24) is 10.3 Å². The van der Waals surface area contributed by atoms with Gasteiger partial charge in [0.2, 0.25) is 0 Å². The number of alkyl halides is 3. The second-order valence-corrected chi connectivity index (χ2v) is 8.07. The fourth-order valence-electron chi connectivity index (χ4n) is 2.80. The van der Waals surface area contributed by atoms with E-state index < -0.39 is 17.8 Å². The third kappa shape index (κ3) is 5.32. The number of carbonyl (C=O) groups excluding carboxylic acids is 1. The number of amides is 1. The summed E-state index contributed by atoms with van der Waals surface area (Å²) in [5.41, 5.74) is 9.99. The fourth-order valence-corrected chi connectivity index (χ4v) is 3.87. The molecule has 30 heavy (non-hydrogen) atoms. The van der Waals surface area contributed by atoms with Gasteiger partial charge in [-0.25, -0.2) is 4.98 Å². The average Bonchev–Trinajstić information content (AvgIpc) is 3.10. The third-order valence-corrected chi connectivity index (χ3v) is 5.92. The van der Waals surface area contributed by atoms with E-state index in [-0.39, 0.29) is 23.6 Å². The molecule has 1 aliphatic rings. The number of nitrogens with zero attached hydrogens (tertiary/aromatic N) is 1. The Balaban J connectivity index is 1.68. The van der Waals surface area contributed by atoms with E-state index in [9.17, 15) is 23.1 Å². The normalized spacial score (nSPS) is 15.7. The largest absolute Gasteiger partial charge is 0.508 e. The van der Waals surface area contributed by atoms with Crippen LogP contribution in [0.15, 0.2) is 47.9 Å². The van der Waals surface area contributed by atoms with Gasteiger partial charge in [0.05, 0.1) is 6.54 Å². The van der Waals surface area contributed by atoms with Gasteiger partial charge >= 0.3 is 6.18 Å². The zero-order chi connectivity index (χ0) is 21.9. The van der Waals surface area contributed by atoms with Gasteiger partial charge in [-0.1, -0.05) is 6.42 Å². The number of nitrogens with one attached hydrogen (secondary N) is 1. The molecule has 0 bridgehead atoms. The topological polar surface area (TPSA) is 114 Å². The maximum atomic E-state index is 12.4. The number of benzene rings is 1. The van der Waals surface area contributed by atoms with E-state index in [2.05, 4.69) is 10.3 Å². The monoisotopic (exact) mass is 438 g/mol. The van der Waals surface area contributed by atoms with Crippen molar-refractivity contribution in [2.75, 3.05) is 6.54 Å². The second kappa shape index (κ2) is 8.78. The molecule has 1 heterocycles. The van der Waals surface area contributed by atoms with Crippen LogP contribution in [0.1, 0.15) is 40.4 Å². The highest BCUT2D eigenvalue weighted by molar-refractivity contribution is 7.15. The van der Waals surface area contributed by atoms with Gasteiger partial charge in [-0.3, -0.25) is 4.79 Å². The van der Waals surface area contributed by atoms with Gasteiger partial charge in [0.15, 0.2) is 0 Å². The summed E-state index contributed by atoms with van der Waals surface area (Å²) in [5.74, 6) is -0.0963. The number of thiazole rings is 1. The highest BCUT2D eigenvalue weighted by atomic mass is 32.1. The lowest BCUT2D eigenvalue weighted by molar-refractivity contribution is -0.0926. The molecule has 3 rings (SSSR count). The molecule has 1 aromatic carbocycles. The van der Waals surface area contributed by atoms with E-state index in [1.165, 1.54) is 34.8 Å². The van der Waals surface area contributed by atoms with Crippen molar-refractivity contribution in [1.29, 1.82) is 0 Å². The van der Waals surface area contributed by atoms with Gasteiger partial charge in [-0.05, 0) is 49.1 Å². The number of hydrogen-bond donors (Lipinski definition) is 4. The SMILES string of the molecule is N/C(=C\C=C(/N)C(F)(F)F)CNC(=O)c1cc(O)cc(-c2ncc(C3CCC3)s2)c1. The Morgan fingerprint density at radius 3 is 2.63 bits per heavy atom. The van der Waals surface area contributed by atoms with Crippen LogP contribution < -0.4 is 16.8 Å². The lowest BCUT2D eigenvalue weighted by Gasteiger charge is -2.23. The molecule has 10 heteroatoms. The summed E-state index contributed by atoms with van der Waals surface area (Å²) in [5, 5.41) is 13.2. The van der Waals surface area contributed by atoms with Gasteiger partial charge < -0.3 is 21.9 Å². The minimum Gasteiger partial charge on any atom is -0.508 e. The van der Waals surface area contributed by atoms with E-state index in [1.54, 1.807) is 6.07 Å². The Morgan fingerprint density at radius 2 is 2.00 bits per heavy atom. The van der Waals surface area contributed by atoms with Crippen LogP contribution in [-0.4, -0.2) is 28.7 Å². The molecule has 0 spiro atoms. The van der Waals surface area contributed by atoms with Crippen molar-refractivity contribution >= 4 is 17.2 Å². The number of allylic oxidation sites excluding steroid dienone is 3. The Kier molecular flexibility index (Phi) is 6.35. The number of phenolic OH excluding ortho intramolecular Hbond substituents is 1. The van der Waals surface area contributed by atoms with E-state index in [1.807, 2.05) is 6.20 Å². The predicted octanol–water partition coefficient (Wildman–Crippen LogP) is 3.76. The number of nitrogens with two attached hydrogens (primary N) is 2. The maximum Gasteiger partial charge on any atom is 0.430 e. The van der Waals surface area contributed by atoms with Crippen LogP contribution >= 0.6 is 11.3 Å². The van der Waals surface area contributed by atoms with Gasteiger partial charge in [0.1, 0.15) is 16.5 Å². The van der Waals surface area contributed by atoms with Crippen LogP contribution in [0.25, 0.3) is 10.6 Å². The summed E-state index contributed by atoms with van der Waals surface area (Å²) in [6, 6.07) is 4.42. The van der Waals surface area contributed by atoms with Crippen LogP contribution in [0.4, 0.5) is 13.2 Å². The number of phenols is 1. The molecule has 0 atom stereocenters. The molecule has 6 N–H and O–H groups in total. The van der Waals surface area contributed by atoms with Crippen LogP contribution in [0, 0.1) is 0 Å². The van der Waals surface area contributed by atoms with Crippen LogP contribution in [0.5, 0.6) is 5.75 Å². The van der Waals surface area contributed by atoms with Crippen molar-refractivity contribution in [2.24, 2.45) is 11.5 Å². The van der Waals surface area contributed by atoms with Crippen LogP contribution in [-0.2, 0) is 0 Å². The van der Waals surface area contributed by atoms with Crippen molar-refractivity contribution < 1.29 is 23.1 Å². The standard InChI is InChI=1S/C20H21F3N4O2S/c21-20(22,23)17(25)5-4-14(24)9-26-18(29)12-6-13(8-15(28)7-12)19-27-10-16(30-19)11-2-1-3-11/h4-8,10-11,28H,1-3,9,24-25H2,(H,26,29)/b14-4-,17-5-. The highest BCUT2D eigenvalue weighted by Crippen LogP contribution is 2.41. The molecule has 0 radical (unpaired) electrons. The van der Waals surface area contributed by atoms with Gasteiger partial charge in [0, 0.05) is 27.9 Å². The predicted molar refractivity (Wildman–Crippen MR) is 109 cm³/mol. The number of rotatable bonds is 6. The van der Waals surface area contributed by atoms with Crippen LogP contribution in [0.3, 0.4) is 0 Å². The first-order valence-corrected chi connectivity index (χ1v) is 10.0. The fraction of sp³-hybridized carbons (Fsp3) is 0.300. The van der Waals surface area contributed by atoms with E-state index in [0.717, 1.165) is 18.9 Å². The molecule has 160 valence electrons. The van der Waals surface area contributed by atoms with Gasteiger partial charge in [0.25, 0.3) is 5.91 Å². The smallest absolute Gasteiger partial charge is 0.430 e. The number of aromatic nitrogens is 1. The molecule has 0 saturated heterocycles. The minimum absolute atomic E-state index is 0.0130. The Labute approximate surface area is 175 Å². The molecule has 1 amide bonds. The molecule has 6 nitrogen and oxygen atoms in total. The van der Waals surface area contributed by atoms with Crippen molar-refractivity contribution in [3.05, 3.63) is 58.4 Å². The summed E-state index contributed by atoms with van der Waals surface area (Å²) in [7, 11) is 0. The first-order valence-electron chi connectivity index (χ1n) is 9.21. The Morgan fingerprint density at radius 1 is 1.27 bits per heavy atom. The van der Waals surface area contributed by atoms with Crippen molar-refractivity contribution in [2.45, 2.75) is 31.4 Å². The quantitative estimate of drug-likeness (QED) is 0.513. The molecule has 2 aromatic rings. The molecule has 0 aliphatic heterocycles. The lowest BCUT2D eigenvalue weighted by atomic mass is 9.85. The van der Waals surface area contributed by atoms with Crippen LogP contribution in [0.2, 0.25) is 0 Å².